The Morgan fingerprint density at radius 2 is 1.73 bits per heavy atom. The van der Waals surface area contributed by atoms with E-state index in [1.54, 1.807) is 31.7 Å². The van der Waals surface area contributed by atoms with Crippen molar-refractivity contribution in [3.8, 4) is 5.75 Å². The number of rotatable bonds is 2. The van der Waals surface area contributed by atoms with Gasteiger partial charge in [-0.3, -0.25) is 0 Å². The minimum Gasteiger partial charge on any atom is -0.487 e. The number of hydrogen-bond acceptors (Lipinski definition) is 1. The van der Waals surface area contributed by atoms with Crippen molar-refractivity contribution in [1.82, 2.24) is 0 Å². The van der Waals surface area contributed by atoms with Gasteiger partial charge < -0.3 is 4.74 Å². The summed E-state index contributed by atoms with van der Waals surface area (Å²) in [4.78, 5) is 0. The molecule has 1 aromatic rings. The zero-order chi connectivity index (χ0) is 8.27. The molecule has 0 aromatic heterocycles. The van der Waals surface area contributed by atoms with E-state index in [2.05, 4.69) is 0 Å². The molecule has 0 fully saturated rings. The lowest BCUT2D eigenvalue weighted by atomic mass is 10.3. The molecule has 0 spiro atoms. The second-order valence-corrected chi connectivity index (χ2v) is 2.83. The van der Waals surface area contributed by atoms with Crippen LogP contribution in [-0.4, -0.2) is 0 Å². The molecule has 1 radical (unpaired) electrons. The molecule has 0 saturated heterocycles. The van der Waals surface area contributed by atoms with E-state index in [0.29, 0.717) is 15.8 Å². The van der Waals surface area contributed by atoms with Crippen LogP contribution in [0, 0.1) is 6.61 Å². The summed E-state index contributed by atoms with van der Waals surface area (Å²) in [5.74, 6) is 0.657. The van der Waals surface area contributed by atoms with Gasteiger partial charge in [-0.15, -0.1) is 0 Å². The van der Waals surface area contributed by atoms with Gasteiger partial charge in [-0.2, -0.15) is 0 Å². The predicted octanol–water partition coefficient (Wildman–Crippen LogP) is 3.55. The molecule has 0 unspecified atom stereocenters. The molecule has 0 bridgehead atoms. The molecule has 0 N–H and O–H groups in total. The normalized spacial score (nSPS) is 9.73. The Hall–Kier alpha value is -0.400. The highest BCUT2D eigenvalue weighted by atomic mass is 35.5. The third-order valence-electron chi connectivity index (χ3n) is 1.09. The van der Waals surface area contributed by atoms with Gasteiger partial charge in [0.15, 0.2) is 0 Å². The number of ether oxygens (including phenoxy) is 1. The topological polar surface area (TPSA) is 9.23 Å². The third-order valence-corrected chi connectivity index (χ3v) is 1.53. The summed E-state index contributed by atoms with van der Waals surface area (Å²) in [6.45, 7) is 3.36. The molecule has 1 nitrogen and oxygen atoms in total. The standard InChI is InChI=1S/C8H7Cl2O/c1-2-11-8-4-6(9)3-7(10)5-8/h2-5H,1H3. The summed E-state index contributed by atoms with van der Waals surface area (Å²) in [6, 6.07) is 5.06. The molecule has 0 amide bonds. The monoisotopic (exact) mass is 189 g/mol. The van der Waals surface area contributed by atoms with Crippen LogP contribution in [0.5, 0.6) is 5.75 Å². The summed E-state index contributed by atoms with van der Waals surface area (Å²) in [5, 5.41) is 1.16. The molecular formula is C8H7Cl2O. The van der Waals surface area contributed by atoms with Crippen LogP contribution in [0.25, 0.3) is 0 Å². The van der Waals surface area contributed by atoms with Crippen LogP contribution in [0.15, 0.2) is 18.2 Å². The zero-order valence-electron chi connectivity index (χ0n) is 5.97. The van der Waals surface area contributed by atoms with E-state index in [0.717, 1.165) is 0 Å². The Morgan fingerprint density at radius 3 is 2.18 bits per heavy atom. The van der Waals surface area contributed by atoms with Crippen LogP contribution in [0.3, 0.4) is 0 Å². The second kappa shape index (κ2) is 3.84. The lowest BCUT2D eigenvalue weighted by molar-refractivity contribution is 0.416. The molecule has 11 heavy (non-hydrogen) atoms. The largest absolute Gasteiger partial charge is 0.487 e. The Labute approximate surface area is 75.9 Å². The molecule has 3 heteroatoms. The van der Waals surface area contributed by atoms with Crippen LogP contribution in [0.4, 0.5) is 0 Å². The first kappa shape index (κ1) is 8.69. The van der Waals surface area contributed by atoms with Gasteiger partial charge in [-0.05, 0) is 25.1 Å². The highest BCUT2D eigenvalue weighted by Gasteiger charge is 1.97. The molecule has 59 valence electrons. The zero-order valence-corrected chi connectivity index (χ0v) is 7.49. The Balaban J connectivity index is 2.89. The SMILES string of the molecule is C[CH]Oc1cc(Cl)cc(Cl)c1. The van der Waals surface area contributed by atoms with Crippen LogP contribution >= 0.6 is 23.2 Å². The Kier molecular flexibility index (Phi) is 3.03. The summed E-state index contributed by atoms with van der Waals surface area (Å²) < 4.78 is 5.07. The number of hydrogen-bond donors (Lipinski definition) is 0. The van der Waals surface area contributed by atoms with Gasteiger partial charge in [0.05, 0.1) is 0 Å². The van der Waals surface area contributed by atoms with E-state index in [9.17, 15) is 0 Å². The highest BCUT2D eigenvalue weighted by molar-refractivity contribution is 6.34. The molecule has 1 aromatic carbocycles. The van der Waals surface area contributed by atoms with Crippen LogP contribution in [0.1, 0.15) is 6.92 Å². The minimum atomic E-state index is 0.578. The maximum Gasteiger partial charge on any atom is 0.132 e. The first-order valence-corrected chi connectivity index (χ1v) is 3.88. The van der Waals surface area contributed by atoms with Crippen LogP contribution in [0.2, 0.25) is 10.0 Å². The lowest BCUT2D eigenvalue weighted by Crippen LogP contribution is -1.84. The van der Waals surface area contributed by atoms with E-state index in [1.165, 1.54) is 0 Å². The predicted molar refractivity (Wildman–Crippen MR) is 47.1 cm³/mol. The first-order valence-electron chi connectivity index (χ1n) is 3.13. The first-order chi connectivity index (χ1) is 5.22. The van der Waals surface area contributed by atoms with E-state index < -0.39 is 0 Å². The lowest BCUT2D eigenvalue weighted by Gasteiger charge is -2.02. The van der Waals surface area contributed by atoms with Crippen molar-refractivity contribution < 1.29 is 4.74 Å². The molecule has 0 saturated carbocycles. The van der Waals surface area contributed by atoms with Crippen molar-refractivity contribution in [2.24, 2.45) is 0 Å². The quantitative estimate of drug-likeness (QED) is 0.692. The fraction of sp³-hybridized carbons (Fsp3) is 0.125. The van der Waals surface area contributed by atoms with Crippen LogP contribution < -0.4 is 4.74 Å². The van der Waals surface area contributed by atoms with Crippen molar-refractivity contribution in [2.75, 3.05) is 0 Å². The highest BCUT2D eigenvalue weighted by Crippen LogP contribution is 2.24. The molecule has 0 aliphatic carbocycles. The van der Waals surface area contributed by atoms with Gasteiger partial charge >= 0.3 is 0 Å². The van der Waals surface area contributed by atoms with Crippen molar-refractivity contribution in [1.29, 1.82) is 0 Å². The molecule has 1 rings (SSSR count). The average Bonchev–Trinajstić information content (AvgIpc) is 1.85. The smallest absolute Gasteiger partial charge is 0.132 e. The number of halogens is 2. The third kappa shape index (κ3) is 2.60. The van der Waals surface area contributed by atoms with Gasteiger partial charge in [0.25, 0.3) is 0 Å². The van der Waals surface area contributed by atoms with Crippen LogP contribution in [-0.2, 0) is 0 Å². The van der Waals surface area contributed by atoms with E-state index in [-0.39, 0.29) is 0 Å². The molecule has 0 aliphatic rings. The summed E-state index contributed by atoms with van der Waals surface area (Å²) >= 11 is 11.4. The van der Waals surface area contributed by atoms with Crippen molar-refractivity contribution >= 4 is 23.2 Å². The summed E-state index contributed by atoms with van der Waals surface area (Å²) in [6.07, 6.45) is 0. The molecule has 0 atom stereocenters. The van der Waals surface area contributed by atoms with Crippen molar-refractivity contribution in [2.45, 2.75) is 6.92 Å². The second-order valence-electron chi connectivity index (χ2n) is 1.96. The van der Waals surface area contributed by atoms with Gasteiger partial charge in [-0.25, -0.2) is 0 Å². The summed E-state index contributed by atoms with van der Waals surface area (Å²) in [7, 11) is 0. The van der Waals surface area contributed by atoms with Crippen molar-refractivity contribution in [3.05, 3.63) is 34.9 Å². The minimum absolute atomic E-state index is 0.578. The maximum absolute atomic E-state index is 5.71. The maximum atomic E-state index is 5.71. The van der Waals surface area contributed by atoms with Crippen molar-refractivity contribution in [3.63, 3.8) is 0 Å². The summed E-state index contributed by atoms with van der Waals surface area (Å²) in [5.41, 5.74) is 0. The fourth-order valence-corrected chi connectivity index (χ4v) is 1.24. The Bertz CT molecular complexity index is 228. The molecular weight excluding hydrogens is 183 g/mol. The van der Waals surface area contributed by atoms with Gasteiger partial charge in [-0.1, -0.05) is 23.2 Å². The van der Waals surface area contributed by atoms with E-state index in [1.807, 2.05) is 0 Å². The molecule has 0 heterocycles. The molecule has 0 aliphatic heterocycles. The van der Waals surface area contributed by atoms with E-state index in [4.69, 9.17) is 27.9 Å². The van der Waals surface area contributed by atoms with Gasteiger partial charge in [0.1, 0.15) is 12.4 Å². The fourth-order valence-electron chi connectivity index (χ4n) is 0.733. The Morgan fingerprint density at radius 1 is 1.18 bits per heavy atom. The van der Waals surface area contributed by atoms with Gasteiger partial charge in [0, 0.05) is 10.0 Å². The van der Waals surface area contributed by atoms with E-state index >= 15 is 0 Å². The average molecular weight is 190 g/mol. The number of benzene rings is 1. The van der Waals surface area contributed by atoms with Gasteiger partial charge in [0.2, 0.25) is 0 Å².